The SMILES string of the molecule is CCCN(CC1CCCCN1)C(C)C(C)C(=O)OC. The molecule has 4 heteroatoms. The number of nitrogens with zero attached hydrogens (tertiary/aromatic N) is 1. The smallest absolute Gasteiger partial charge is 0.309 e. The Hall–Kier alpha value is -0.610. The zero-order chi connectivity index (χ0) is 14.3. The number of carbonyl (C=O) groups excluding carboxylic acids is 1. The summed E-state index contributed by atoms with van der Waals surface area (Å²) in [6, 6.07) is 0.809. The Bertz CT molecular complexity index is 265. The van der Waals surface area contributed by atoms with Crippen molar-refractivity contribution in [2.45, 2.75) is 58.5 Å². The molecule has 1 fully saturated rings. The van der Waals surface area contributed by atoms with E-state index in [1.807, 2.05) is 6.92 Å². The Balaban J connectivity index is 2.56. The lowest BCUT2D eigenvalue weighted by Gasteiger charge is -2.36. The van der Waals surface area contributed by atoms with Crippen molar-refractivity contribution in [1.29, 1.82) is 0 Å². The molecule has 0 aromatic carbocycles. The Labute approximate surface area is 117 Å². The first kappa shape index (κ1) is 16.4. The van der Waals surface area contributed by atoms with E-state index in [9.17, 15) is 4.79 Å². The van der Waals surface area contributed by atoms with Gasteiger partial charge in [-0.25, -0.2) is 0 Å². The fourth-order valence-electron chi connectivity index (χ4n) is 2.81. The molecule has 1 rings (SSSR count). The number of rotatable bonds is 7. The van der Waals surface area contributed by atoms with Crippen molar-refractivity contribution < 1.29 is 9.53 Å². The maximum atomic E-state index is 11.7. The fourth-order valence-corrected chi connectivity index (χ4v) is 2.81. The van der Waals surface area contributed by atoms with Crippen LogP contribution in [0.4, 0.5) is 0 Å². The molecule has 19 heavy (non-hydrogen) atoms. The van der Waals surface area contributed by atoms with E-state index in [0.29, 0.717) is 6.04 Å². The zero-order valence-corrected chi connectivity index (χ0v) is 12.9. The molecule has 0 aromatic rings. The van der Waals surface area contributed by atoms with Gasteiger partial charge in [-0.15, -0.1) is 0 Å². The number of piperidine rings is 1. The van der Waals surface area contributed by atoms with Crippen LogP contribution in [0, 0.1) is 5.92 Å². The van der Waals surface area contributed by atoms with Crippen LogP contribution in [0.5, 0.6) is 0 Å². The topological polar surface area (TPSA) is 41.6 Å². The second-order valence-corrected chi connectivity index (χ2v) is 5.69. The van der Waals surface area contributed by atoms with E-state index in [2.05, 4.69) is 24.1 Å². The van der Waals surface area contributed by atoms with Crippen LogP contribution in [0.1, 0.15) is 46.5 Å². The van der Waals surface area contributed by atoms with Gasteiger partial charge in [0.1, 0.15) is 0 Å². The highest BCUT2D eigenvalue weighted by Crippen LogP contribution is 2.16. The summed E-state index contributed by atoms with van der Waals surface area (Å²) in [5, 5.41) is 3.59. The third-order valence-corrected chi connectivity index (χ3v) is 4.25. The van der Waals surface area contributed by atoms with Crippen molar-refractivity contribution >= 4 is 5.97 Å². The molecule has 0 saturated carbocycles. The zero-order valence-electron chi connectivity index (χ0n) is 12.9. The first-order chi connectivity index (χ1) is 9.10. The van der Waals surface area contributed by atoms with Crippen LogP contribution in [0.2, 0.25) is 0 Å². The number of esters is 1. The van der Waals surface area contributed by atoms with Crippen molar-refractivity contribution in [1.82, 2.24) is 10.2 Å². The number of hydrogen-bond acceptors (Lipinski definition) is 4. The fraction of sp³-hybridized carbons (Fsp3) is 0.933. The molecule has 1 aliphatic heterocycles. The highest BCUT2D eigenvalue weighted by molar-refractivity contribution is 5.72. The van der Waals surface area contributed by atoms with E-state index in [1.165, 1.54) is 26.4 Å². The number of hydrogen-bond donors (Lipinski definition) is 1. The summed E-state index contributed by atoms with van der Waals surface area (Å²) in [6.07, 6.45) is 4.97. The monoisotopic (exact) mass is 270 g/mol. The van der Waals surface area contributed by atoms with Gasteiger partial charge in [0.2, 0.25) is 0 Å². The predicted octanol–water partition coefficient (Wildman–Crippen LogP) is 2.04. The average Bonchev–Trinajstić information content (AvgIpc) is 2.45. The van der Waals surface area contributed by atoms with Gasteiger partial charge in [-0.1, -0.05) is 20.3 Å². The molecular weight excluding hydrogens is 240 g/mol. The molecule has 3 atom stereocenters. The van der Waals surface area contributed by atoms with Crippen molar-refractivity contribution in [3.05, 3.63) is 0 Å². The largest absolute Gasteiger partial charge is 0.469 e. The van der Waals surface area contributed by atoms with Crippen LogP contribution in [-0.2, 0) is 9.53 Å². The molecule has 1 heterocycles. The van der Waals surface area contributed by atoms with Crippen molar-refractivity contribution in [3.63, 3.8) is 0 Å². The van der Waals surface area contributed by atoms with Crippen LogP contribution >= 0.6 is 0 Å². The van der Waals surface area contributed by atoms with E-state index < -0.39 is 0 Å². The number of carbonyl (C=O) groups is 1. The third-order valence-electron chi connectivity index (χ3n) is 4.25. The van der Waals surface area contributed by atoms with Gasteiger partial charge < -0.3 is 10.1 Å². The Kier molecular flexibility index (Phi) is 7.39. The van der Waals surface area contributed by atoms with E-state index >= 15 is 0 Å². The van der Waals surface area contributed by atoms with Gasteiger partial charge in [0.15, 0.2) is 0 Å². The Morgan fingerprint density at radius 3 is 2.68 bits per heavy atom. The lowest BCUT2D eigenvalue weighted by Crippen LogP contribution is -2.49. The van der Waals surface area contributed by atoms with Crippen molar-refractivity contribution in [2.75, 3.05) is 26.7 Å². The molecule has 4 nitrogen and oxygen atoms in total. The summed E-state index contributed by atoms with van der Waals surface area (Å²) < 4.78 is 4.87. The molecule has 3 unspecified atom stereocenters. The Morgan fingerprint density at radius 2 is 2.16 bits per heavy atom. The van der Waals surface area contributed by atoms with E-state index in [-0.39, 0.29) is 17.9 Å². The number of ether oxygens (including phenoxy) is 1. The van der Waals surface area contributed by atoms with Crippen LogP contribution < -0.4 is 5.32 Å². The third kappa shape index (κ3) is 5.11. The molecule has 0 bridgehead atoms. The highest BCUT2D eigenvalue weighted by atomic mass is 16.5. The molecule has 0 aliphatic carbocycles. The number of methoxy groups -OCH3 is 1. The lowest BCUT2D eigenvalue weighted by atomic mass is 9.99. The maximum absolute atomic E-state index is 11.7. The molecule has 0 amide bonds. The van der Waals surface area contributed by atoms with Gasteiger partial charge in [-0.2, -0.15) is 0 Å². The van der Waals surface area contributed by atoms with E-state index in [0.717, 1.165) is 26.1 Å². The Morgan fingerprint density at radius 1 is 1.42 bits per heavy atom. The average molecular weight is 270 g/mol. The maximum Gasteiger partial charge on any atom is 0.309 e. The van der Waals surface area contributed by atoms with Gasteiger partial charge in [-0.05, 0) is 39.3 Å². The normalized spacial score (nSPS) is 23.1. The summed E-state index contributed by atoms with van der Waals surface area (Å²) in [4.78, 5) is 14.1. The quantitative estimate of drug-likeness (QED) is 0.719. The van der Waals surface area contributed by atoms with Gasteiger partial charge >= 0.3 is 5.97 Å². The van der Waals surface area contributed by atoms with Crippen LogP contribution in [0.3, 0.4) is 0 Å². The lowest BCUT2D eigenvalue weighted by molar-refractivity contribution is -0.147. The minimum Gasteiger partial charge on any atom is -0.469 e. The standard InChI is InChI=1S/C15H30N2O2/c1-5-10-17(11-14-8-6-7-9-16-14)13(3)12(2)15(18)19-4/h12-14,16H,5-11H2,1-4H3. The second-order valence-electron chi connectivity index (χ2n) is 5.69. The minimum atomic E-state index is -0.106. The molecule has 1 saturated heterocycles. The summed E-state index contributed by atoms with van der Waals surface area (Å²) >= 11 is 0. The minimum absolute atomic E-state index is 0.0693. The van der Waals surface area contributed by atoms with Crippen molar-refractivity contribution in [2.24, 2.45) is 5.92 Å². The van der Waals surface area contributed by atoms with Gasteiger partial charge in [0.05, 0.1) is 13.0 Å². The van der Waals surface area contributed by atoms with Gasteiger partial charge in [0.25, 0.3) is 0 Å². The predicted molar refractivity (Wildman–Crippen MR) is 78.1 cm³/mol. The molecule has 112 valence electrons. The highest BCUT2D eigenvalue weighted by Gasteiger charge is 2.27. The molecule has 0 radical (unpaired) electrons. The molecule has 1 N–H and O–H groups in total. The van der Waals surface area contributed by atoms with E-state index in [4.69, 9.17) is 4.74 Å². The first-order valence-electron chi connectivity index (χ1n) is 7.65. The van der Waals surface area contributed by atoms with Crippen LogP contribution in [0.15, 0.2) is 0 Å². The summed E-state index contributed by atoms with van der Waals surface area (Å²) in [7, 11) is 1.47. The second kappa shape index (κ2) is 8.54. The summed E-state index contributed by atoms with van der Waals surface area (Å²) in [5.74, 6) is -0.176. The van der Waals surface area contributed by atoms with E-state index in [1.54, 1.807) is 0 Å². The van der Waals surface area contributed by atoms with Crippen LogP contribution in [-0.4, -0.2) is 49.7 Å². The number of nitrogens with one attached hydrogen (secondary N) is 1. The van der Waals surface area contributed by atoms with Crippen LogP contribution in [0.25, 0.3) is 0 Å². The molecule has 0 aromatic heterocycles. The first-order valence-corrected chi connectivity index (χ1v) is 7.65. The summed E-state index contributed by atoms with van der Waals surface area (Å²) in [5.41, 5.74) is 0. The molecule has 0 spiro atoms. The van der Waals surface area contributed by atoms with Gasteiger partial charge in [-0.3, -0.25) is 9.69 Å². The molecule has 1 aliphatic rings. The molecular formula is C15H30N2O2. The van der Waals surface area contributed by atoms with Crippen molar-refractivity contribution in [3.8, 4) is 0 Å². The van der Waals surface area contributed by atoms with Gasteiger partial charge in [0, 0.05) is 18.6 Å². The summed E-state index contributed by atoms with van der Waals surface area (Å²) in [6.45, 7) is 9.51.